The van der Waals surface area contributed by atoms with Gasteiger partial charge in [0.05, 0.1) is 12.5 Å². The van der Waals surface area contributed by atoms with Crippen LogP contribution in [0.5, 0.6) is 0 Å². The van der Waals surface area contributed by atoms with Gasteiger partial charge in [0.15, 0.2) is 0 Å². The van der Waals surface area contributed by atoms with Gasteiger partial charge in [0, 0.05) is 19.5 Å². The smallest absolute Gasteiger partial charge is 0.227 e. The molecule has 0 aliphatic rings. The van der Waals surface area contributed by atoms with Gasteiger partial charge in [-0.1, -0.05) is 12.1 Å². The van der Waals surface area contributed by atoms with Gasteiger partial charge >= 0.3 is 0 Å². The summed E-state index contributed by atoms with van der Waals surface area (Å²) in [4.78, 5) is 8.42. The maximum Gasteiger partial charge on any atom is 0.227 e. The van der Waals surface area contributed by atoms with Gasteiger partial charge in [-0.2, -0.15) is 4.98 Å². The second kappa shape index (κ2) is 5.77. The molecule has 2 rings (SSSR count). The van der Waals surface area contributed by atoms with Crippen molar-refractivity contribution < 1.29 is 4.52 Å². The molecule has 0 bridgehead atoms. The largest absolute Gasteiger partial charge is 0.339 e. The summed E-state index contributed by atoms with van der Waals surface area (Å²) in [7, 11) is 1.91. The van der Waals surface area contributed by atoms with E-state index in [1.807, 2.05) is 11.6 Å². The zero-order valence-electron chi connectivity index (χ0n) is 11.1. The van der Waals surface area contributed by atoms with Crippen molar-refractivity contribution in [3.05, 3.63) is 18.4 Å². The minimum Gasteiger partial charge on any atom is -0.339 e. The fraction of sp³-hybridized carbons (Fsp3) is 0.583. The Morgan fingerprint density at radius 2 is 2.33 bits per heavy atom. The SMILES string of the molecule is CCNC(C)CCc1nc(-c2cncn2C)no1. The van der Waals surface area contributed by atoms with Gasteiger partial charge in [-0.25, -0.2) is 4.98 Å². The molecule has 0 aromatic carbocycles. The average Bonchev–Trinajstić information content (AvgIpc) is 2.95. The van der Waals surface area contributed by atoms with E-state index in [-0.39, 0.29) is 0 Å². The minimum atomic E-state index is 0.460. The van der Waals surface area contributed by atoms with E-state index in [2.05, 4.69) is 34.3 Å². The molecule has 6 nitrogen and oxygen atoms in total. The van der Waals surface area contributed by atoms with Crippen LogP contribution < -0.4 is 5.32 Å². The predicted octanol–water partition coefficient (Wildman–Crippen LogP) is 1.40. The molecule has 1 unspecified atom stereocenters. The number of aryl methyl sites for hydroxylation is 2. The summed E-state index contributed by atoms with van der Waals surface area (Å²) in [5.74, 6) is 1.28. The molecule has 1 N–H and O–H groups in total. The molecule has 0 aliphatic carbocycles. The van der Waals surface area contributed by atoms with Crippen LogP contribution in [0.4, 0.5) is 0 Å². The molecule has 98 valence electrons. The number of aromatic nitrogens is 4. The highest BCUT2D eigenvalue weighted by Crippen LogP contribution is 2.14. The molecular formula is C12H19N5O. The zero-order chi connectivity index (χ0) is 13.0. The third-order valence-electron chi connectivity index (χ3n) is 2.86. The Morgan fingerprint density at radius 3 is 3.00 bits per heavy atom. The van der Waals surface area contributed by atoms with Gasteiger partial charge in [-0.3, -0.25) is 0 Å². The molecule has 1 atom stereocenters. The lowest BCUT2D eigenvalue weighted by atomic mass is 10.2. The summed E-state index contributed by atoms with van der Waals surface area (Å²) in [6, 6.07) is 0.460. The Morgan fingerprint density at radius 1 is 1.50 bits per heavy atom. The zero-order valence-corrected chi connectivity index (χ0v) is 11.1. The molecule has 0 fully saturated rings. The highest BCUT2D eigenvalue weighted by Gasteiger charge is 2.12. The van der Waals surface area contributed by atoms with E-state index in [4.69, 9.17) is 4.52 Å². The van der Waals surface area contributed by atoms with Crippen molar-refractivity contribution in [2.75, 3.05) is 6.54 Å². The standard InChI is InChI=1S/C12H19N5O/c1-4-14-9(2)5-6-11-15-12(16-18-11)10-7-13-8-17(10)3/h7-9,14H,4-6H2,1-3H3. The molecular weight excluding hydrogens is 230 g/mol. The first-order valence-corrected chi connectivity index (χ1v) is 6.23. The molecule has 6 heteroatoms. The summed E-state index contributed by atoms with van der Waals surface area (Å²) in [5.41, 5.74) is 0.865. The van der Waals surface area contributed by atoms with Crippen LogP contribution in [-0.4, -0.2) is 32.3 Å². The van der Waals surface area contributed by atoms with Crippen molar-refractivity contribution in [2.45, 2.75) is 32.7 Å². The Labute approximate surface area is 106 Å². The van der Waals surface area contributed by atoms with Crippen LogP contribution in [0.1, 0.15) is 26.2 Å². The molecule has 2 aromatic rings. The van der Waals surface area contributed by atoms with Crippen molar-refractivity contribution in [1.29, 1.82) is 0 Å². The van der Waals surface area contributed by atoms with Gasteiger partial charge in [0.2, 0.25) is 11.7 Å². The average molecular weight is 249 g/mol. The predicted molar refractivity (Wildman–Crippen MR) is 68.0 cm³/mol. The molecule has 0 saturated heterocycles. The molecule has 0 radical (unpaired) electrons. The van der Waals surface area contributed by atoms with Crippen LogP contribution in [0.2, 0.25) is 0 Å². The van der Waals surface area contributed by atoms with Gasteiger partial charge in [0.1, 0.15) is 5.69 Å². The number of nitrogens with one attached hydrogen (secondary N) is 1. The maximum absolute atomic E-state index is 5.24. The van der Waals surface area contributed by atoms with Gasteiger partial charge in [-0.05, 0) is 19.9 Å². The van der Waals surface area contributed by atoms with Crippen molar-refractivity contribution in [1.82, 2.24) is 25.0 Å². The van der Waals surface area contributed by atoms with Crippen LogP contribution in [-0.2, 0) is 13.5 Å². The fourth-order valence-electron chi connectivity index (χ4n) is 1.82. The first kappa shape index (κ1) is 12.8. The molecule has 0 amide bonds. The second-order valence-corrected chi connectivity index (χ2v) is 4.40. The van der Waals surface area contributed by atoms with Crippen molar-refractivity contribution in [3.8, 4) is 11.5 Å². The lowest BCUT2D eigenvalue weighted by Gasteiger charge is -2.09. The van der Waals surface area contributed by atoms with E-state index in [1.54, 1.807) is 12.5 Å². The molecule has 0 spiro atoms. The normalized spacial score (nSPS) is 12.8. The Bertz CT molecular complexity index is 490. The molecule has 18 heavy (non-hydrogen) atoms. The van der Waals surface area contributed by atoms with E-state index in [0.29, 0.717) is 17.8 Å². The van der Waals surface area contributed by atoms with E-state index >= 15 is 0 Å². The van der Waals surface area contributed by atoms with Gasteiger partial charge in [-0.15, -0.1) is 0 Å². The number of imidazole rings is 1. The van der Waals surface area contributed by atoms with E-state index in [1.165, 1.54) is 0 Å². The lowest BCUT2D eigenvalue weighted by molar-refractivity contribution is 0.367. The van der Waals surface area contributed by atoms with Crippen molar-refractivity contribution in [3.63, 3.8) is 0 Å². The summed E-state index contributed by atoms with van der Waals surface area (Å²) in [5, 5.41) is 7.33. The lowest BCUT2D eigenvalue weighted by Crippen LogP contribution is -2.25. The van der Waals surface area contributed by atoms with Gasteiger partial charge in [0.25, 0.3) is 0 Å². The maximum atomic E-state index is 5.24. The molecule has 0 aliphatic heterocycles. The van der Waals surface area contributed by atoms with Gasteiger partial charge < -0.3 is 14.4 Å². The molecule has 0 saturated carbocycles. The third-order valence-corrected chi connectivity index (χ3v) is 2.86. The Kier molecular flexibility index (Phi) is 4.09. The van der Waals surface area contributed by atoms with E-state index < -0.39 is 0 Å². The van der Waals surface area contributed by atoms with Crippen molar-refractivity contribution >= 4 is 0 Å². The number of hydrogen-bond donors (Lipinski definition) is 1. The molecule has 2 heterocycles. The number of hydrogen-bond acceptors (Lipinski definition) is 5. The summed E-state index contributed by atoms with van der Waals surface area (Å²) in [6.45, 7) is 5.23. The third kappa shape index (κ3) is 2.95. The topological polar surface area (TPSA) is 68.8 Å². The van der Waals surface area contributed by atoms with E-state index in [0.717, 1.165) is 25.1 Å². The van der Waals surface area contributed by atoms with Crippen LogP contribution in [0.25, 0.3) is 11.5 Å². The Balaban J connectivity index is 1.97. The number of rotatable bonds is 6. The second-order valence-electron chi connectivity index (χ2n) is 4.40. The first-order chi connectivity index (χ1) is 8.70. The van der Waals surface area contributed by atoms with Crippen LogP contribution >= 0.6 is 0 Å². The summed E-state index contributed by atoms with van der Waals surface area (Å²) in [6.07, 6.45) is 5.23. The first-order valence-electron chi connectivity index (χ1n) is 6.23. The summed E-state index contributed by atoms with van der Waals surface area (Å²) < 4.78 is 7.11. The van der Waals surface area contributed by atoms with E-state index in [9.17, 15) is 0 Å². The monoisotopic (exact) mass is 249 g/mol. The van der Waals surface area contributed by atoms with Crippen LogP contribution in [0.15, 0.2) is 17.0 Å². The Hall–Kier alpha value is -1.69. The quantitative estimate of drug-likeness (QED) is 0.838. The highest BCUT2D eigenvalue weighted by molar-refractivity contribution is 5.46. The minimum absolute atomic E-state index is 0.460. The molecule has 2 aromatic heterocycles. The highest BCUT2D eigenvalue weighted by atomic mass is 16.5. The van der Waals surface area contributed by atoms with Crippen LogP contribution in [0, 0.1) is 0 Å². The van der Waals surface area contributed by atoms with Crippen molar-refractivity contribution in [2.24, 2.45) is 7.05 Å². The van der Waals surface area contributed by atoms with Crippen LogP contribution in [0.3, 0.4) is 0 Å². The summed E-state index contributed by atoms with van der Waals surface area (Å²) >= 11 is 0. The number of nitrogens with zero attached hydrogens (tertiary/aromatic N) is 4. The fourth-order valence-corrected chi connectivity index (χ4v) is 1.82.